The van der Waals surface area contributed by atoms with Crippen molar-refractivity contribution in [1.29, 1.82) is 0 Å². The summed E-state index contributed by atoms with van der Waals surface area (Å²) in [6.07, 6.45) is 5.53. The van der Waals surface area contributed by atoms with Crippen LogP contribution in [0.3, 0.4) is 0 Å². The highest BCUT2D eigenvalue weighted by atomic mass is 32.1. The zero-order chi connectivity index (χ0) is 21.3. The van der Waals surface area contributed by atoms with Crippen molar-refractivity contribution in [2.75, 3.05) is 49.5 Å². The molecule has 1 aromatic carbocycles. The van der Waals surface area contributed by atoms with Gasteiger partial charge in [0, 0.05) is 61.7 Å². The number of para-hydroxylation sites is 1. The maximum atomic E-state index is 12.1. The zero-order valence-corrected chi connectivity index (χ0v) is 18.4. The van der Waals surface area contributed by atoms with Gasteiger partial charge in [-0.1, -0.05) is 18.2 Å². The standard InChI is InChI=1S/C23H28N6OS/c30-22(27-23-26-21(18-31-23)19-7-6-10-24-17-19)25-11-4-5-12-28-13-15-29(16-14-28)20-8-2-1-3-9-20/h1-3,6-10,17-18H,4-5,11-16H2,(H2,25,26,27,30). The molecular weight excluding hydrogens is 408 g/mol. The number of pyridine rings is 1. The van der Waals surface area contributed by atoms with Crippen LogP contribution in [-0.2, 0) is 0 Å². The molecule has 3 aromatic rings. The minimum absolute atomic E-state index is 0.205. The molecule has 0 aliphatic carbocycles. The van der Waals surface area contributed by atoms with Crippen LogP contribution in [0.5, 0.6) is 0 Å². The highest BCUT2D eigenvalue weighted by molar-refractivity contribution is 7.14. The van der Waals surface area contributed by atoms with Gasteiger partial charge in [0.2, 0.25) is 0 Å². The summed E-state index contributed by atoms with van der Waals surface area (Å²) >= 11 is 1.41. The van der Waals surface area contributed by atoms with Crippen molar-refractivity contribution in [1.82, 2.24) is 20.2 Å². The summed E-state index contributed by atoms with van der Waals surface area (Å²) in [6.45, 7) is 6.06. The van der Waals surface area contributed by atoms with E-state index in [-0.39, 0.29) is 6.03 Å². The summed E-state index contributed by atoms with van der Waals surface area (Å²) in [5, 5.41) is 8.25. The first-order valence-corrected chi connectivity index (χ1v) is 11.6. The van der Waals surface area contributed by atoms with Crippen LogP contribution >= 0.6 is 11.3 Å². The van der Waals surface area contributed by atoms with E-state index >= 15 is 0 Å². The molecule has 2 amide bonds. The predicted molar refractivity (Wildman–Crippen MR) is 127 cm³/mol. The number of rotatable bonds is 8. The number of amides is 2. The van der Waals surface area contributed by atoms with Gasteiger partial charge < -0.3 is 10.2 Å². The first-order valence-electron chi connectivity index (χ1n) is 10.7. The SMILES string of the molecule is O=C(NCCCCN1CCN(c2ccccc2)CC1)Nc1nc(-c2cccnc2)cs1. The van der Waals surface area contributed by atoms with Crippen LogP contribution in [-0.4, -0.2) is 60.2 Å². The lowest BCUT2D eigenvalue weighted by atomic mass is 10.2. The first-order chi connectivity index (χ1) is 15.3. The number of benzene rings is 1. The number of hydrogen-bond acceptors (Lipinski definition) is 6. The number of nitrogens with zero attached hydrogens (tertiary/aromatic N) is 4. The summed E-state index contributed by atoms with van der Waals surface area (Å²) in [5.74, 6) is 0. The number of carbonyl (C=O) groups excluding carboxylic acids is 1. The van der Waals surface area contributed by atoms with Crippen molar-refractivity contribution in [3.63, 3.8) is 0 Å². The van der Waals surface area contributed by atoms with Crippen LogP contribution in [0, 0.1) is 0 Å². The molecule has 1 saturated heterocycles. The topological polar surface area (TPSA) is 73.4 Å². The van der Waals surface area contributed by atoms with Crippen LogP contribution in [0.15, 0.2) is 60.2 Å². The number of nitrogens with one attached hydrogen (secondary N) is 2. The molecular formula is C23H28N6OS. The fourth-order valence-electron chi connectivity index (χ4n) is 3.65. The summed E-state index contributed by atoms with van der Waals surface area (Å²) in [7, 11) is 0. The van der Waals surface area contributed by atoms with Crippen LogP contribution < -0.4 is 15.5 Å². The van der Waals surface area contributed by atoms with Crippen LogP contribution in [0.25, 0.3) is 11.3 Å². The number of thiazole rings is 1. The molecule has 162 valence electrons. The number of aromatic nitrogens is 2. The fraction of sp³-hybridized carbons (Fsp3) is 0.348. The summed E-state index contributed by atoms with van der Waals surface area (Å²) in [6, 6.07) is 14.2. The summed E-state index contributed by atoms with van der Waals surface area (Å²) in [4.78, 5) is 25.6. The van der Waals surface area contributed by atoms with E-state index in [0.717, 1.165) is 56.8 Å². The average Bonchev–Trinajstić information content (AvgIpc) is 3.29. The van der Waals surface area contributed by atoms with Crippen LogP contribution in [0.1, 0.15) is 12.8 Å². The Morgan fingerprint density at radius 2 is 1.87 bits per heavy atom. The quantitative estimate of drug-likeness (QED) is 0.524. The molecule has 0 atom stereocenters. The van der Waals surface area contributed by atoms with E-state index < -0.39 is 0 Å². The second-order valence-corrected chi connectivity index (χ2v) is 8.39. The number of hydrogen-bond donors (Lipinski definition) is 2. The van der Waals surface area contributed by atoms with Crippen LogP contribution in [0.2, 0.25) is 0 Å². The molecule has 1 aliphatic heterocycles. The van der Waals surface area contributed by atoms with Crippen molar-refractivity contribution in [2.24, 2.45) is 0 Å². The fourth-order valence-corrected chi connectivity index (χ4v) is 4.36. The Balaban J connectivity index is 1.09. The lowest BCUT2D eigenvalue weighted by molar-refractivity contribution is 0.247. The maximum absolute atomic E-state index is 12.1. The minimum atomic E-state index is -0.205. The number of urea groups is 1. The second kappa shape index (κ2) is 10.9. The molecule has 0 radical (unpaired) electrons. The largest absolute Gasteiger partial charge is 0.369 e. The van der Waals surface area contributed by atoms with Crippen molar-refractivity contribution < 1.29 is 4.79 Å². The Kier molecular flexibility index (Phi) is 7.46. The third-order valence-corrected chi connectivity index (χ3v) is 6.12. The molecule has 31 heavy (non-hydrogen) atoms. The highest BCUT2D eigenvalue weighted by Gasteiger charge is 2.16. The van der Waals surface area contributed by atoms with Crippen molar-refractivity contribution in [3.8, 4) is 11.3 Å². The van der Waals surface area contributed by atoms with Gasteiger partial charge in [-0.3, -0.25) is 15.2 Å². The molecule has 1 fully saturated rings. The molecule has 0 spiro atoms. The van der Waals surface area contributed by atoms with Gasteiger partial charge in [0.15, 0.2) is 5.13 Å². The zero-order valence-electron chi connectivity index (χ0n) is 17.5. The number of anilines is 2. The lowest BCUT2D eigenvalue weighted by Gasteiger charge is -2.36. The Morgan fingerprint density at radius 3 is 2.65 bits per heavy atom. The van der Waals surface area contributed by atoms with Gasteiger partial charge in [-0.2, -0.15) is 0 Å². The second-order valence-electron chi connectivity index (χ2n) is 7.53. The Labute approximate surface area is 187 Å². The molecule has 7 nitrogen and oxygen atoms in total. The van der Waals surface area contributed by atoms with Gasteiger partial charge in [-0.05, 0) is 43.7 Å². The smallest absolute Gasteiger partial charge is 0.321 e. The molecule has 4 rings (SSSR count). The van der Waals surface area contributed by atoms with Crippen LogP contribution in [0.4, 0.5) is 15.6 Å². The molecule has 2 N–H and O–H groups in total. The first kappa shape index (κ1) is 21.3. The molecule has 1 aliphatic rings. The number of carbonyl (C=O) groups is 1. The molecule has 3 heterocycles. The predicted octanol–water partition coefficient (Wildman–Crippen LogP) is 3.93. The van der Waals surface area contributed by atoms with Gasteiger partial charge in [0.05, 0.1) is 5.69 Å². The normalized spacial score (nSPS) is 14.4. The maximum Gasteiger partial charge on any atom is 0.321 e. The van der Waals surface area contributed by atoms with Gasteiger partial charge >= 0.3 is 6.03 Å². The van der Waals surface area contributed by atoms with E-state index in [1.165, 1.54) is 17.0 Å². The van der Waals surface area contributed by atoms with Crippen molar-refractivity contribution in [3.05, 3.63) is 60.2 Å². The highest BCUT2D eigenvalue weighted by Crippen LogP contribution is 2.23. The van der Waals surface area contributed by atoms with Gasteiger partial charge in [0.25, 0.3) is 0 Å². The lowest BCUT2D eigenvalue weighted by Crippen LogP contribution is -2.46. The van der Waals surface area contributed by atoms with E-state index in [9.17, 15) is 4.79 Å². The Morgan fingerprint density at radius 1 is 1.03 bits per heavy atom. The van der Waals surface area contributed by atoms with Gasteiger partial charge in [-0.25, -0.2) is 9.78 Å². The molecule has 0 saturated carbocycles. The van der Waals surface area contributed by atoms with Crippen molar-refractivity contribution >= 4 is 28.2 Å². The van der Waals surface area contributed by atoms with E-state index in [2.05, 4.69) is 60.7 Å². The molecule has 0 unspecified atom stereocenters. The molecule has 0 bridgehead atoms. The van der Waals surface area contributed by atoms with Gasteiger partial charge in [0.1, 0.15) is 0 Å². The number of unbranched alkanes of at least 4 members (excludes halogenated alkanes) is 1. The average molecular weight is 437 g/mol. The molecule has 2 aromatic heterocycles. The molecule has 8 heteroatoms. The Bertz CT molecular complexity index is 941. The summed E-state index contributed by atoms with van der Waals surface area (Å²) in [5.41, 5.74) is 3.07. The van der Waals surface area contributed by atoms with E-state index in [1.807, 2.05) is 17.5 Å². The van der Waals surface area contributed by atoms with E-state index in [1.54, 1.807) is 12.4 Å². The monoisotopic (exact) mass is 436 g/mol. The van der Waals surface area contributed by atoms with E-state index in [0.29, 0.717) is 11.7 Å². The third kappa shape index (κ3) is 6.26. The number of piperazine rings is 1. The third-order valence-electron chi connectivity index (χ3n) is 5.36. The van der Waals surface area contributed by atoms with Gasteiger partial charge in [-0.15, -0.1) is 11.3 Å². The summed E-state index contributed by atoms with van der Waals surface area (Å²) < 4.78 is 0. The Hall–Kier alpha value is -2.97. The van der Waals surface area contributed by atoms with Crippen molar-refractivity contribution in [2.45, 2.75) is 12.8 Å². The minimum Gasteiger partial charge on any atom is -0.369 e. The van der Waals surface area contributed by atoms with E-state index in [4.69, 9.17) is 0 Å².